The summed E-state index contributed by atoms with van der Waals surface area (Å²) in [6, 6.07) is 3.93. The lowest BCUT2D eigenvalue weighted by molar-refractivity contribution is -0.136. The van der Waals surface area contributed by atoms with E-state index in [4.69, 9.17) is 14.2 Å². The van der Waals surface area contributed by atoms with Crippen molar-refractivity contribution in [3.63, 3.8) is 0 Å². The fraction of sp³-hybridized carbons (Fsp3) is 0.788. The topological polar surface area (TPSA) is 65.0 Å². The van der Waals surface area contributed by atoms with E-state index < -0.39 is 5.97 Å². The van der Waals surface area contributed by atoms with E-state index in [1.807, 2.05) is 12.1 Å². The fourth-order valence-corrected chi connectivity index (χ4v) is 4.57. The van der Waals surface area contributed by atoms with E-state index in [1.54, 1.807) is 0 Å². The molecule has 38 heavy (non-hydrogen) atoms. The van der Waals surface area contributed by atoms with Crippen molar-refractivity contribution < 1.29 is 24.1 Å². The zero-order valence-corrected chi connectivity index (χ0v) is 25.0. The number of rotatable bonds is 27. The predicted octanol–water partition coefficient (Wildman–Crippen LogP) is 9.92. The molecular formula is C33H58O5. The van der Waals surface area contributed by atoms with Gasteiger partial charge in [-0.25, -0.2) is 0 Å². The van der Waals surface area contributed by atoms with Crippen LogP contribution in [0.25, 0.3) is 0 Å². The highest BCUT2D eigenvalue weighted by Gasteiger charge is 2.17. The third-order valence-electron chi connectivity index (χ3n) is 6.96. The Morgan fingerprint density at radius 3 is 1.34 bits per heavy atom. The molecule has 0 bridgehead atoms. The molecule has 0 saturated carbocycles. The molecule has 5 heteroatoms. The van der Waals surface area contributed by atoms with E-state index in [0.29, 0.717) is 43.5 Å². The molecule has 220 valence electrons. The average molecular weight is 535 g/mol. The molecule has 0 saturated heterocycles. The van der Waals surface area contributed by atoms with Gasteiger partial charge in [0.15, 0.2) is 11.5 Å². The molecular weight excluding hydrogens is 476 g/mol. The minimum absolute atomic E-state index is 0.0890. The normalized spacial score (nSPS) is 11.0. The smallest absolute Gasteiger partial charge is 0.303 e. The first kappa shape index (κ1) is 34.1. The van der Waals surface area contributed by atoms with Gasteiger partial charge in [-0.15, -0.1) is 0 Å². The van der Waals surface area contributed by atoms with Crippen LogP contribution in [0.5, 0.6) is 17.2 Å². The molecule has 0 amide bonds. The van der Waals surface area contributed by atoms with Gasteiger partial charge < -0.3 is 19.3 Å². The fourth-order valence-electron chi connectivity index (χ4n) is 4.57. The number of ether oxygens (including phenoxy) is 3. The third-order valence-corrected chi connectivity index (χ3v) is 6.96. The van der Waals surface area contributed by atoms with Crippen LogP contribution >= 0.6 is 0 Å². The molecule has 0 aliphatic carbocycles. The Morgan fingerprint density at radius 2 is 0.947 bits per heavy atom. The monoisotopic (exact) mass is 534 g/mol. The average Bonchev–Trinajstić information content (AvgIpc) is 2.91. The first-order chi connectivity index (χ1) is 18.6. The molecule has 5 nitrogen and oxygen atoms in total. The summed E-state index contributed by atoms with van der Waals surface area (Å²) in [7, 11) is 0. The molecule has 0 radical (unpaired) electrons. The van der Waals surface area contributed by atoms with Gasteiger partial charge in [-0.1, -0.05) is 117 Å². The lowest BCUT2D eigenvalue weighted by Gasteiger charge is -2.19. The lowest BCUT2D eigenvalue weighted by atomic mass is 10.1. The van der Waals surface area contributed by atoms with Crippen LogP contribution in [-0.4, -0.2) is 30.9 Å². The van der Waals surface area contributed by atoms with Gasteiger partial charge in [0.05, 0.1) is 19.8 Å². The summed E-state index contributed by atoms with van der Waals surface area (Å²) < 4.78 is 18.8. The van der Waals surface area contributed by atoms with Crippen molar-refractivity contribution in [3.05, 3.63) is 17.7 Å². The molecule has 0 heterocycles. The molecule has 0 fully saturated rings. The molecule has 0 atom stereocenters. The van der Waals surface area contributed by atoms with Crippen molar-refractivity contribution in [1.82, 2.24) is 0 Å². The van der Waals surface area contributed by atoms with Crippen LogP contribution in [0.15, 0.2) is 12.1 Å². The summed E-state index contributed by atoms with van der Waals surface area (Å²) in [4.78, 5) is 11.2. The van der Waals surface area contributed by atoms with Crippen LogP contribution in [0.3, 0.4) is 0 Å². The minimum atomic E-state index is -0.794. The highest BCUT2D eigenvalue weighted by Crippen LogP contribution is 2.40. The van der Waals surface area contributed by atoms with Gasteiger partial charge in [0.2, 0.25) is 5.75 Å². The Kier molecular flexibility index (Phi) is 21.7. The maximum Gasteiger partial charge on any atom is 0.303 e. The Balaban J connectivity index is 2.86. The van der Waals surface area contributed by atoms with Gasteiger partial charge in [0.1, 0.15) is 0 Å². The molecule has 0 aromatic heterocycles. The van der Waals surface area contributed by atoms with Crippen LogP contribution in [-0.2, 0) is 11.2 Å². The van der Waals surface area contributed by atoms with Crippen molar-refractivity contribution >= 4 is 5.97 Å². The Labute approximate surface area is 234 Å². The second kappa shape index (κ2) is 24.2. The van der Waals surface area contributed by atoms with Crippen molar-refractivity contribution in [2.45, 2.75) is 149 Å². The number of unbranched alkanes of at least 4 members (excludes halogenated alkanes) is 15. The number of aliphatic carboxylic acids is 1. The molecule has 0 unspecified atom stereocenters. The third kappa shape index (κ3) is 17.6. The number of hydrogen-bond acceptors (Lipinski definition) is 4. The lowest BCUT2D eigenvalue weighted by Crippen LogP contribution is -2.08. The number of carbonyl (C=O) groups is 1. The van der Waals surface area contributed by atoms with Crippen molar-refractivity contribution in [3.8, 4) is 17.2 Å². The highest BCUT2D eigenvalue weighted by atomic mass is 16.5. The van der Waals surface area contributed by atoms with Gasteiger partial charge in [0, 0.05) is 6.42 Å². The molecule has 1 N–H and O–H groups in total. The van der Waals surface area contributed by atoms with E-state index in [9.17, 15) is 9.90 Å². The summed E-state index contributed by atoms with van der Waals surface area (Å²) in [5, 5.41) is 9.23. The van der Waals surface area contributed by atoms with Gasteiger partial charge in [-0.2, -0.15) is 0 Å². The summed E-state index contributed by atoms with van der Waals surface area (Å²) in [6.07, 6.45) is 22.3. The van der Waals surface area contributed by atoms with E-state index in [1.165, 1.54) is 83.5 Å². The maximum absolute atomic E-state index is 11.2. The summed E-state index contributed by atoms with van der Waals surface area (Å²) in [5.74, 6) is 1.29. The molecule has 0 aliphatic rings. The van der Waals surface area contributed by atoms with Gasteiger partial charge in [-0.05, 0) is 43.4 Å². The number of hydrogen-bond donors (Lipinski definition) is 1. The Hall–Kier alpha value is -1.91. The van der Waals surface area contributed by atoms with E-state index >= 15 is 0 Å². The Bertz CT molecular complexity index is 664. The summed E-state index contributed by atoms with van der Waals surface area (Å²) >= 11 is 0. The molecule has 1 rings (SSSR count). The second-order valence-corrected chi connectivity index (χ2v) is 10.7. The SMILES string of the molecule is CCCCCCCCOc1cc(CCC(=O)O)cc(OCCCCCCCC)c1OCCCCCCCC. The van der Waals surface area contributed by atoms with Crippen molar-refractivity contribution in [2.24, 2.45) is 0 Å². The molecule has 1 aromatic carbocycles. The van der Waals surface area contributed by atoms with E-state index in [2.05, 4.69) is 20.8 Å². The molecule has 1 aromatic rings. The summed E-state index contributed by atoms with van der Waals surface area (Å²) in [5.41, 5.74) is 0.926. The van der Waals surface area contributed by atoms with Gasteiger partial charge >= 0.3 is 5.97 Å². The van der Waals surface area contributed by atoms with E-state index in [0.717, 1.165) is 37.7 Å². The van der Waals surface area contributed by atoms with Crippen molar-refractivity contribution in [2.75, 3.05) is 19.8 Å². The number of benzene rings is 1. The minimum Gasteiger partial charge on any atom is -0.490 e. The van der Waals surface area contributed by atoms with E-state index in [-0.39, 0.29) is 6.42 Å². The van der Waals surface area contributed by atoms with Crippen LogP contribution < -0.4 is 14.2 Å². The largest absolute Gasteiger partial charge is 0.490 e. The van der Waals surface area contributed by atoms with Gasteiger partial charge in [0.25, 0.3) is 0 Å². The predicted molar refractivity (Wildman–Crippen MR) is 159 cm³/mol. The number of aryl methyl sites for hydroxylation is 1. The van der Waals surface area contributed by atoms with Crippen LogP contribution in [0.1, 0.15) is 148 Å². The highest BCUT2D eigenvalue weighted by molar-refractivity contribution is 5.67. The standard InChI is InChI=1S/C33H58O5/c1-4-7-10-13-16-19-24-36-30-27-29(22-23-32(34)35)28-31(37-25-20-17-14-11-8-5-2)33(30)38-26-21-18-15-12-9-6-3/h27-28H,4-26H2,1-3H3,(H,34,35). The van der Waals surface area contributed by atoms with Crippen LogP contribution in [0, 0.1) is 0 Å². The molecule has 0 spiro atoms. The van der Waals surface area contributed by atoms with Crippen LogP contribution in [0.2, 0.25) is 0 Å². The zero-order chi connectivity index (χ0) is 27.7. The maximum atomic E-state index is 11.2. The Morgan fingerprint density at radius 1 is 0.579 bits per heavy atom. The quantitative estimate of drug-likeness (QED) is 0.114. The summed E-state index contributed by atoms with van der Waals surface area (Å²) in [6.45, 7) is 8.63. The number of carboxylic acid groups (broad SMARTS) is 1. The first-order valence-electron chi connectivity index (χ1n) is 15.9. The van der Waals surface area contributed by atoms with Gasteiger partial charge in [-0.3, -0.25) is 4.79 Å². The van der Waals surface area contributed by atoms with Crippen LogP contribution in [0.4, 0.5) is 0 Å². The first-order valence-corrected chi connectivity index (χ1v) is 15.9. The van der Waals surface area contributed by atoms with Crippen molar-refractivity contribution in [1.29, 1.82) is 0 Å². The zero-order valence-electron chi connectivity index (χ0n) is 25.0. The second-order valence-electron chi connectivity index (χ2n) is 10.7. The molecule has 0 aliphatic heterocycles. The number of carboxylic acids is 1.